The van der Waals surface area contributed by atoms with Gasteiger partial charge in [0, 0.05) is 6.42 Å². The first kappa shape index (κ1) is 18.3. The van der Waals surface area contributed by atoms with Gasteiger partial charge >= 0.3 is 5.97 Å². The number of pyridine rings is 1. The summed E-state index contributed by atoms with van der Waals surface area (Å²) in [5, 5.41) is 3.35. The highest BCUT2D eigenvalue weighted by atomic mass is 16.5. The minimum atomic E-state index is -0.527. The van der Waals surface area contributed by atoms with Crippen molar-refractivity contribution < 1.29 is 18.7 Å². The zero-order valence-corrected chi connectivity index (χ0v) is 14.9. The van der Waals surface area contributed by atoms with E-state index >= 15 is 0 Å². The van der Waals surface area contributed by atoms with Crippen molar-refractivity contribution in [1.82, 2.24) is 15.3 Å². The zero-order chi connectivity index (χ0) is 18.4. The molecular weight excluding hydrogens is 334 g/mol. The van der Waals surface area contributed by atoms with E-state index in [1.54, 1.807) is 18.2 Å². The number of rotatable bonds is 7. The Labute approximate surface area is 152 Å². The number of Topliss-reactive ketones (excluding diaryl/α,β-unsaturated/α-hetero) is 1. The number of aromatic nitrogens is 2. The Kier molecular flexibility index (Phi) is 6.12. The van der Waals surface area contributed by atoms with Gasteiger partial charge in [-0.1, -0.05) is 6.07 Å². The first-order valence-corrected chi connectivity index (χ1v) is 8.93. The van der Waals surface area contributed by atoms with Gasteiger partial charge in [-0.25, -0.2) is 14.8 Å². The van der Waals surface area contributed by atoms with Crippen LogP contribution in [0.2, 0.25) is 0 Å². The van der Waals surface area contributed by atoms with Gasteiger partial charge in [-0.3, -0.25) is 4.79 Å². The number of nitrogens with zero attached hydrogens (tertiary/aromatic N) is 2. The molecule has 1 fully saturated rings. The standard InChI is InChI=1S/C19H23N3O4/c1-25-19(24)15-6-3-5-14(22-15)17-12-21-18(26-17)16(23)7-2-4-13-8-10-20-11-9-13/h3,5-6,12-13,20H,2,4,7-11H2,1H3. The van der Waals surface area contributed by atoms with Crippen molar-refractivity contribution in [3.8, 4) is 11.5 Å². The lowest BCUT2D eigenvalue weighted by Crippen LogP contribution is -2.27. The number of oxazole rings is 1. The van der Waals surface area contributed by atoms with Crippen molar-refractivity contribution in [2.75, 3.05) is 20.2 Å². The topological polar surface area (TPSA) is 94.3 Å². The highest BCUT2D eigenvalue weighted by Gasteiger charge is 2.18. The number of ketones is 1. The maximum atomic E-state index is 12.3. The molecule has 3 rings (SSSR count). The highest BCUT2D eigenvalue weighted by Crippen LogP contribution is 2.22. The van der Waals surface area contributed by atoms with Crippen LogP contribution in [0.4, 0.5) is 0 Å². The molecule has 1 saturated heterocycles. The first-order valence-electron chi connectivity index (χ1n) is 8.93. The third kappa shape index (κ3) is 4.54. The summed E-state index contributed by atoms with van der Waals surface area (Å²) in [5.74, 6) is 0.525. The van der Waals surface area contributed by atoms with Gasteiger partial charge in [-0.15, -0.1) is 0 Å². The second-order valence-corrected chi connectivity index (χ2v) is 6.44. The van der Waals surface area contributed by atoms with Crippen LogP contribution in [0.15, 0.2) is 28.8 Å². The number of ether oxygens (including phenoxy) is 1. The molecule has 3 heterocycles. The van der Waals surface area contributed by atoms with Gasteiger partial charge in [0.2, 0.25) is 5.78 Å². The Morgan fingerprint density at radius 3 is 2.88 bits per heavy atom. The fraction of sp³-hybridized carbons (Fsp3) is 0.474. The number of hydrogen-bond acceptors (Lipinski definition) is 7. The van der Waals surface area contributed by atoms with Gasteiger partial charge in [0.25, 0.3) is 5.89 Å². The fourth-order valence-corrected chi connectivity index (χ4v) is 3.14. The lowest BCUT2D eigenvalue weighted by molar-refractivity contribution is 0.0594. The average molecular weight is 357 g/mol. The van der Waals surface area contributed by atoms with E-state index in [-0.39, 0.29) is 17.4 Å². The third-order valence-electron chi connectivity index (χ3n) is 4.62. The molecule has 0 amide bonds. The zero-order valence-electron chi connectivity index (χ0n) is 14.9. The van der Waals surface area contributed by atoms with Crippen LogP contribution in [0.25, 0.3) is 11.5 Å². The largest absolute Gasteiger partial charge is 0.464 e. The van der Waals surface area contributed by atoms with Gasteiger partial charge in [0.05, 0.1) is 13.3 Å². The molecule has 0 aliphatic carbocycles. The number of nitrogens with one attached hydrogen (secondary N) is 1. The van der Waals surface area contributed by atoms with Crippen molar-refractivity contribution in [3.05, 3.63) is 36.0 Å². The summed E-state index contributed by atoms with van der Waals surface area (Å²) < 4.78 is 10.2. The smallest absolute Gasteiger partial charge is 0.356 e. The number of esters is 1. The summed E-state index contributed by atoms with van der Waals surface area (Å²) in [5.41, 5.74) is 0.616. The molecule has 0 atom stereocenters. The Morgan fingerprint density at radius 1 is 1.31 bits per heavy atom. The molecule has 2 aromatic rings. The number of carbonyl (C=O) groups excluding carboxylic acids is 2. The van der Waals surface area contributed by atoms with Crippen molar-refractivity contribution in [1.29, 1.82) is 0 Å². The molecule has 0 unspecified atom stereocenters. The lowest BCUT2D eigenvalue weighted by atomic mass is 9.92. The molecule has 0 saturated carbocycles. The predicted molar refractivity (Wildman–Crippen MR) is 94.8 cm³/mol. The maximum Gasteiger partial charge on any atom is 0.356 e. The lowest BCUT2D eigenvalue weighted by Gasteiger charge is -2.22. The molecule has 1 N–H and O–H groups in total. The van der Waals surface area contributed by atoms with Gasteiger partial charge in [0.15, 0.2) is 5.76 Å². The minimum absolute atomic E-state index is 0.0931. The summed E-state index contributed by atoms with van der Waals surface area (Å²) in [6.45, 7) is 2.14. The summed E-state index contributed by atoms with van der Waals surface area (Å²) in [6, 6.07) is 4.93. The van der Waals surface area contributed by atoms with E-state index in [2.05, 4.69) is 20.0 Å². The molecule has 7 nitrogen and oxygen atoms in total. The second-order valence-electron chi connectivity index (χ2n) is 6.44. The molecule has 138 valence electrons. The van der Waals surface area contributed by atoms with Gasteiger partial charge < -0.3 is 14.5 Å². The van der Waals surface area contributed by atoms with Crippen LogP contribution in [-0.4, -0.2) is 41.9 Å². The van der Waals surface area contributed by atoms with E-state index in [1.165, 1.54) is 26.1 Å². The van der Waals surface area contributed by atoms with Gasteiger partial charge in [-0.2, -0.15) is 0 Å². The van der Waals surface area contributed by atoms with Crippen molar-refractivity contribution in [2.24, 2.45) is 5.92 Å². The Bertz CT molecular complexity index is 766. The van der Waals surface area contributed by atoms with E-state index in [0.29, 0.717) is 23.8 Å². The van der Waals surface area contributed by atoms with Crippen molar-refractivity contribution in [3.63, 3.8) is 0 Å². The summed E-state index contributed by atoms with van der Waals surface area (Å²) >= 11 is 0. The summed E-state index contributed by atoms with van der Waals surface area (Å²) in [6.07, 6.45) is 6.16. The van der Waals surface area contributed by atoms with Crippen LogP contribution in [0, 0.1) is 5.92 Å². The Morgan fingerprint density at radius 2 is 2.12 bits per heavy atom. The fourth-order valence-electron chi connectivity index (χ4n) is 3.14. The monoisotopic (exact) mass is 357 g/mol. The second kappa shape index (κ2) is 8.71. The molecule has 0 radical (unpaired) electrons. The van der Waals surface area contributed by atoms with Crippen LogP contribution in [0.3, 0.4) is 0 Å². The molecule has 0 aromatic carbocycles. The number of hydrogen-bond donors (Lipinski definition) is 1. The normalized spacial score (nSPS) is 15.0. The molecule has 26 heavy (non-hydrogen) atoms. The number of piperidine rings is 1. The van der Waals surface area contributed by atoms with Crippen molar-refractivity contribution >= 4 is 11.8 Å². The van der Waals surface area contributed by atoms with Crippen LogP contribution in [0.5, 0.6) is 0 Å². The van der Waals surface area contributed by atoms with E-state index in [1.807, 2.05) is 0 Å². The molecule has 2 aromatic heterocycles. The predicted octanol–water partition coefficient (Wildman–Crippen LogP) is 2.88. The van der Waals surface area contributed by atoms with E-state index < -0.39 is 5.97 Å². The average Bonchev–Trinajstić information content (AvgIpc) is 3.18. The van der Waals surface area contributed by atoms with E-state index in [0.717, 1.165) is 25.9 Å². The molecule has 0 spiro atoms. The minimum Gasteiger partial charge on any atom is -0.464 e. The van der Waals surface area contributed by atoms with Gasteiger partial charge in [-0.05, 0) is 56.8 Å². The Hall–Kier alpha value is -2.54. The van der Waals surface area contributed by atoms with Crippen LogP contribution in [-0.2, 0) is 4.74 Å². The van der Waals surface area contributed by atoms with Crippen LogP contribution < -0.4 is 5.32 Å². The third-order valence-corrected chi connectivity index (χ3v) is 4.62. The Balaban J connectivity index is 1.58. The number of carbonyl (C=O) groups is 2. The SMILES string of the molecule is COC(=O)c1cccc(-c2cnc(C(=O)CCCC3CCNCC3)o2)n1. The highest BCUT2D eigenvalue weighted by molar-refractivity contribution is 5.92. The van der Waals surface area contributed by atoms with Gasteiger partial charge in [0.1, 0.15) is 11.4 Å². The van der Waals surface area contributed by atoms with Crippen molar-refractivity contribution in [2.45, 2.75) is 32.1 Å². The molecular formula is C19H23N3O4. The molecule has 1 aliphatic rings. The summed E-state index contributed by atoms with van der Waals surface area (Å²) in [7, 11) is 1.30. The summed E-state index contributed by atoms with van der Waals surface area (Å²) in [4.78, 5) is 32.1. The molecule has 0 bridgehead atoms. The van der Waals surface area contributed by atoms with E-state index in [9.17, 15) is 9.59 Å². The number of methoxy groups -OCH3 is 1. The molecule has 1 aliphatic heterocycles. The van der Waals surface area contributed by atoms with E-state index in [4.69, 9.17) is 4.42 Å². The van der Waals surface area contributed by atoms with Crippen LogP contribution >= 0.6 is 0 Å². The van der Waals surface area contributed by atoms with Crippen LogP contribution in [0.1, 0.15) is 53.3 Å². The first-order chi connectivity index (χ1) is 12.7. The molecule has 7 heteroatoms. The maximum absolute atomic E-state index is 12.3. The quantitative estimate of drug-likeness (QED) is 0.601.